The van der Waals surface area contributed by atoms with E-state index in [1.807, 2.05) is 58.0 Å². The van der Waals surface area contributed by atoms with Gasteiger partial charge in [-0.2, -0.15) is 0 Å². The molecule has 8 heteroatoms. The van der Waals surface area contributed by atoms with Crippen LogP contribution in [0.1, 0.15) is 49.7 Å². The van der Waals surface area contributed by atoms with Crippen LogP contribution in [-0.2, 0) is 19.1 Å². The van der Waals surface area contributed by atoms with Gasteiger partial charge in [-0.05, 0) is 47.1 Å². The first kappa shape index (κ1) is 23.8. The van der Waals surface area contributed by atoms with Crippen LogP contribution < -0.4 is 10.6 Å². The van der Waals surface area contributed by atoms with Crippen molar-refractivity contribution in [3.63, 3.8) is 0 Å². The van der Waals surface area contributed by atoms with Gasteiger partial charge in [0.25, 0.3) is 0 Å². The maximum absolute atomic E-state index is 13.7. The smallest absolute Gasteiger partial charge is 0.336 e. The zero-order chi connectivity index (χ0) is 23.5. The van der Waals surface area contributed by atoms with Crippen molar-refractivity contribution in [2.45, 2.75) is 59.0 Å². The van der Waals surface area contributed by atoms with Gasteiger partial charge in [-0.15, -0.1) is 11.3 Å². The van der Waals surface area contributed by atoms with Gasteiger partial charge in [0.15, 0.2) is 10.7 Å². The third kappa shape index (κ3) is 4.24. The summed E-state index contributed by atoms with van der Waals surface area (Å²) in [5.41, 5.74) is 1.46. The zero-order valence-corrected chi connectivity index (χ0v) is 20.3. The number of carbonyl (C=O) groups excluding carboxylic acids is 2. The quantitative estimate of drug-likeness (QED) is 0.606. The molecule has 1 aliphatic rings. The van der Waals surface area contributed by atoms with Crippen LogP contribution in [0.2, 0.25) is 0 Å². The molecular formula is C24H31N3O4S. The lowest BCUT2D eigenvalue weighted by Crippen LogP contribution is -2.66. The molecule has 0 amide bonds. The third-order valence-electron chi connectivity index (χ3n) is 5.85. The number of hydrogen-bond acceptors (Lipinski definition) is 8. The predicted octanol–water partition coefficient (Wildman–Crippen LogP) is 4.09. The maximum atomic E-state index is 13.7. The Hall–Kier alpha value is -2.87. The molecule has 1 aromatic carbocycles. The number of thiazole rings is 1. The van der Waals surface area contributed by atoms with E-state index in [0.717, 1.165) is 16.1 Å². The van der Waals surface area contributed by atoms with Gasteiger partial charge in [0, 0.05) is 10.6 Å². The first-order valence-electron chi connectivity index (χ1n) is 10.8. The lowest BCUT2D eigenvalue weighted by Gasteiger charge is -2.48. The number of ether oxygens (including phenoxy) is 2. The van der Waals surface area contributed by atoms with Crippen LogP contribution in [0.25, 0.3) is 0 Å². The zero-order valence-electron chi connectivity index (χ0n) is 19.4. The molecule has 0 aliphatic carbocycles. The molecule has 0 saturated carbocycles. The number of esters is 2. The first-order valence-corrected chi connectivity index (χ1v) is 11.7. The number of aryl methyl sites for hydroxylation is 2. The molecule has 32 heavy (non-hydrogen) atoms. The van der Waals surface area contributed by atoms with E-state index in [9.17, 15) is 9.59 Å². The SMILES string of the molecule is CCOC(=O)C1=C(C)NC(C)C(Nc2nc(C)c(C)s2)(C(=O)OCC)C1c1ccccc1. The van der Waals surface area contributed by atoms with Gasteiger partial charge in [0.2, 0.25) is 0 Å². The lowest BCUT2D eigenvalue weighted by molar-refractivity contribution is -0.151. The second-order valence-electron chi connectivity index (χ2n) is 7.84. The first-order chi connectivity index (χ1) is 15.3. The highest BCUT2D eigenvalue weighted by atomic mass is 32.1. The number of rotatable bonds is 7. The van der Waals surface area contributed by atoms with E-state index in [1.54, 1.807) is 13.8 Å². The molecule has 0 spiro atoms. The fraction of sp³-hybridized carbons (Fsp3) is 0.458. The average molecular weight is 458 g/mol. The van der Waals surface area contributed by atoms with Crippen LogP contribution >= 0.6 is 11.3 Å². The minimum Gasteiger partial charge on any atom is -0.464 e. The molecule has 1 aliphatic heterocycles. The summed E-state index contributed by atoms with van der Waals surface area (Å²) >= 11 is 1.47. The predicted molar refractivity (Wildman–Crippen MR) is 126 cm³/mol. The van der Waals surface area contributed by atoms with E-state index >= 15 is 0 Å². The number of anilines is 1. The van der Waals surface area contributed by atoms with Crippen LogP contribution in [0, 0.1) is 13.8 Å². The largest absolute Gasteiger partial charge is 0.464 e. The Bertz CT molecular complexity index is 998. The molecule has 3 atom stereocenters. The fourth-order valence-corrected chi connectivity index (χ4v) is 5.13. The van der Waals surface area contributed by atoms with Crippen molar-refractivity contribution in [2.75, 3.05) is 18.5 Å². The maximum Gasteiger partial charge on any atom is 0.336 e. The third-order valence-corrected chi connectivity index (χ3v) is 6.84. The van der Waals surface area contributed by atoms with Gasteiger partial charge in [-0.1, -0.05) is 30.3 Å². The van der Waals surface area contributed by atoms with Gasteiger partial charge in [-0.25, -0.2) is 14.6 Å². The van der Waals surface area contributed by atoms with Crippen LogP contribution in [0.15, 0.2) is 41.6 Å². The Labute approximate surface area is 193 Å². The van der Waals surface area contributed by atoms with Crippen LogP contribution in [-0.4, -0.2) is 41.7 Å². The summed E-state index contributed by atoms with van der Waals surface area (Å²) in [5.74, 6) is -1.56. The molecule has 0 saturated heterocycles. The summed E-state index contributed by atoms with van der Waals surface area (Å²) < 4.78 is 11.0. The molecule has 0 bridgehead atoms. The van der Waals surface area contributed by atoms with Gasteiger partial charge >= 0.3 is 11.9 Å². The van der Waals surface area contributed by atoms with Gasteiger partial charge in [-0.3, -0.25) is 0 Å². The summed E-state index contributed by atoms with van der Waals surface area (Å²) in [5, 5.41) is 7.35. The van der Waals surface area contributed by atoms with E-state index < -0.39 is 29.4 Å². The van der Waals surface area contributed by atoms with Crippen LogP contribution in [0.5, 0.6) is 0 Å². The number of benzene rings is 1. The van der Waals surface area contributed by atoms with Crippen LogP contribution in [0.3, 0.4) is 0 Å². The Morgan fingerprint density at radius 3 is 2.34 bits per heavy atom. The monoisotopic (exact) mass is 457 g/mol. The van der Waals surface area contributed by atoms with Crippen LogP contribution in [0.4, 0.5) is 5.13 Å². The molecule has 3 unspecified atom stereocenters. The molecule has 0 radical (unpaired) electrons. The second kappa shape index (κ2) is 9.73. The Morgan fingerprint density at radius 1 is 1.12 bits per heavy atom. The number of nitrogens with one attached hydrogen (secondary N) is 2. The van der Waals surface area contributed by atoms with Crippen molar-refractivity contribution in [1.29, 1.82) is 0 Å². The van der Waals surface area contributed by atoms with E-state index in [1.165, 1.54) is 11.3 Å². The van der Waals surface area contributed by atoms with Crippen molar-refractivity contribution in [2.24, 2.45) is 0 Å². The molecule has 172 valence electrons. The van der Waals surface area contributed by atoms with E-state index in [-0.39, 0.29) is 13.2 Å². The summed E-state index contributed by atoms with van der Waals surface area (Å²) in [6.07, 6.45) is 0. The van der Waals surface area contributed by atoms with E-state index in [2.05, 4.69) is 15.6 Å². The highest BCUT2D eigenvalue weighted by Gasteiger charge is 2.58. The standard InChI is InChI=1S/C24H31N3O4S/c1-7-30-21(28)19-15(4)25-17(6)24(22(29)31-8-2,20(19)18-12-10-9-11-13-18)27-23-26-14(3)16(5)32-23/h9-13,17,20,25H,7-8H2,1-6H3,(H,26,27). The Morgan fingerprint density at radius 2 is 1.78 bits per heavy atom. The highest BCUT2D eigenvalue weighted by molar-refractivity contribution is 7.15. The minimum atomic E-state index is -1.32. The van der Waals surface area contributed by atoms with Gasteiger partial charge < -0.3 is 20.1 Å². The lowest BCUT2D eigenvalue weighted by atomic mass is 9.68. The van der Waals surface area contributed by atoms with Gasteiger partial charge in [0.1, 0.15) is 0 Å². The molecule has 0 fully saturated rings. The Kier molecular flexibility index (Phi) is 7.23. The summed E-state index contributed by atoms with van der Waals surface area (Å²) in [4.78, 5) is 32.6. The molecule has 7 nitrogen and oxygen atoms in total. The fourth-order valence-electron chi connectivity index (χ4n) is 4.25. The summed E-state index contributed by atoms with van der Waals surface area (Å²) in [6, 6.07) is 9.13. The summed E-state index contributed by atoms with van der Waals surface area (Å²) in [7, 11) is 0. The number of carbonyl (C=O) groups is 2. The normalized spacial score (nSPS) is 22.8. The summed E-state index contributed by atoms with van der Waals surface area (Å²) in [6.45, 7) is 11.7. The van der Waals surface area contributed by atoms with E-state index in [4.69, 9.17) is 9.47 Å². The minimum absolute atomic E-state index is 0.212. The van der Waals surface area contributed by atoms with Crippen molar-refractivity contribution in [1.82, 2.24) is 10.3 Å². The van der Waals surface area contributed by atoms with Crippen molar-refractivity contribution < 1.29 is 19.1 Å². The second-order valence-corrected chi connectivity index (χ2v) is 9.05. The molecule has 3 rings (SSSR count). The highest BCUT2D eigenvalue weighted by Crippen LogP contribution is 2.45. The molecule has 2 heterocycles. The Balaban J connectivity index is 2.29. The molecule has 2 N–H and O–H groups in total. The van der Waals surface area contributed by atoms with Crippen molar-refractivity contribution in [3.05, 3.63) is 57.7 Å². The van der Waals surface area contributed by atoms with Crippen molar-refractivity contribution >= 4 is 28.4 Å². The molecular weight excluding hydrogens is 426 g/mol. The number of hydrogen-bond donors (Lipinski definition) is 2. The van der Waals surface area contributed by atoms with Gasteiger partial charge in [0.05, 0.1) is 36.4 Å². The van der Waals surface area contributed by atoms with E-state index in [0.29, 0.717) is 16.4 Å². The number of allylic oxidation sites excluding steroid dienone is 1. The molecule has 1 aromatic heterocycles. The number of aromatic nitrogens is 1. The molecule has 2 aromatic rings. The topological polar surface area (TPSA) is 89.5 Å². The van der Waals surface area contributed by atoms with Crippen molar-refractivity contribution in [3.8, 4) is 0 Å². The average Bonchev–Trinajstić information content (AvgIpc) is 3.07. The number of nitrogens with zero attached hydrogens (tertiary/aromatic N) is 1.